The van der Waals surface area contributed by atoms with Crippen LogP contribution in [0.1, 0.15) is 198 Å². The second kappa shape index (κ2) is 32.7. The lowest BCUT2D eigenvalue weighted by Crippen LogP contribution is -2.37. The van der Waals surface area contributed by atoms with Crippen LogP contribution in [0.2, 0.25) is 0 Å². The molecule has 0 aromatic heterocycles. The summed E-state index contributed by atoms with van der Waals surface area (Å²) < 4.78 is 34.5. The summed E-state index contributed by atoms with van der Waals surface area (Å²) >= 11 is 0. The minimum absolute atomic E-state index is 0.0359. The van der Waals surface area contributed by atoms with Gasteiger partial charge in [0.15, 0.2) is 6.10 Å². The van der Waals surface area contributed by atoms with E-state index in [2.05, 4.69) is 62.3 Å². The van der Waals surface area contributed by atoms with Crippen LogP contribution < -0.4 is 4.89 Å². The highest BCUT2D eigenvalue weighted by molar-refractivity contribution is 7.45. The summed E-state index contributed by atoms with van der Waals surface area (Å²) in [6.07, 6.45) is 21.2. The van der Waals surface area contributed by atoms with E-state index in [1.165, 1.54) is 77.0 Å². The van der Waals surface area contributed by atoms with Gasteiger partial charge in [-0.15, -0.1) is 0 Å². The topological polar surface area (TPSA) is 111 Å². The molecule has 8 atom stereocenters. The highest BCUT2D eigenvalue weighted by Crippen LogP contribution is 2.38. The Morgan fingerprint density at radius 3 is 1.21 bits per heavy atom. The molecule has 10 heteroatoms. The number of likely N-dealkylation sites (N-methyl/N-ethyl adjacent to an activating group) is 1. The molecule has 0 aliphatic heterocycles. The molecule has 0 spiro atoms. The lowest BCUT2D eigenvalue weighted by atomic mass is 9.91. The number of carbonyl (C=O) groups is 2. The maximum Gasteiger partial charge on any atom is 0.306 e. The van der Waals surface area contributed by atoms with Crippen molar-refractivity contribution in [3.05, 3.63) is 0 Å². The number of carbonyl (C=O) groups excluding carboxylic acids is 2. The molecule has 58 heavy (non-hydrogen) atoms. The molecule has 0 heterocycles. The van der Waals surface area contributed by atoms with Crippen LogP contribution in [0.5, 0.6) is 0 Å². The quantitative estimate of drug-likeness (QED) is 0.0343. The van der Waals surface area contributed by atoms with Crippen LogP contribution in [0.3, 0.4) is 0 Å². The van der Waals surface area contributed by atoms with Gasteiger partial charge in [-0.2, -0.15) is 0 Å². The van der Waals surface area contributed by atoms with E-state index in [9.17, 15) is 19.0 Å². The first-order valence-corrected chi connectivity index (χ1v) is 25.3. The molecule has 0 bridgehead atoms. The first-order valence-electron chi connectivity index (χ1n) is 23.8. The SMILES string of the molecule is CC(C)CCC[C@@H](C)CCC[C@@H](C)CCC[C@H](C)CC(=O)OC[C@H](COP(=O)([O-])OCC[N+](C)(C)C)OC(=O)C[C@@H](C)CCC[C@H](C)CCC[C@H](C)CCCC(C)C. The van der Waals surface area contributed by atoms with Gasteiger partial charge < -0.3 is 27.9 Å². The van der Waals surface area contributed by atoms with Gasteiger partial charge in [0.05, 0.1) is 27.7 Å². The Labute approximate surface area is 359 Å². The van der Waals surface area contributed by atoms with Crippen LogP contribution in [0, 0.1) is 47.3 Å². The van der Waals surface area contributed by atoms with Crippen molar-refractivity contribution in [3.63, 3.8) is 0 Å². The molecule has 0 aliphatic rings. The van der Waals surface area contributed by atoms with Gasteiger partial charge in [0.25, 0.3) is 7.82 Å². The molecule has 0 saturated heterocycles. The van der Waals surface area contributed by atoms with Crippen LogP contribution in [0.25, 0.3) is 0 Å². The van der Waals surface area contributed by atoms with Crippen LogP contribution in [-0.4, -0.2) is 70.0 Å². The van der Waals surface area contributed by atoms with Gasteiger partial charge in [0.2, 0.25) is 0 Å². The molecule has 0 radical (unpaired) electrons. The molecule has 0 fully saturated rings. The molecule has 0 rings (SSSR count). The van der Waals surface area contributed by atoms with Crippen molar-refractivity contribution in [3.8, 4) is 0 Å². The van der Waals surface area contributed by atoms with E-state index in [4.69, 9.17) is 18.5 Å². The molecule has 0 aliphatic carbocycles. The molecule has 0 aromatic rings. The third-order valence-electron chi connectivity index (χ3n) is 11.7. The molecule has 0 amide bonds. The van der Waals surface area contributed by atoms with Crippen LogP contribution >= 0.6 is 7.82 Å². The Morgan fingerprint density at radius 1 is 0.500 bits per heavy atom. The Bertz CT molecular complexity index is 1080. The minimum Gasteiger partial charge on any atom is -0.756 e. The van der Waals surface area contributed by atoms with Gasteiger partial charge in [-0.25, -0.2) is 0 Å². The van der Waals surface area contributed by atoms with Gasteiger partial charge in [0.1, 0.15) is 19.8 Å². The zero-order valence-corrected chi connectivity index (χ0v) is 41.2. The standard InChI is InChI=1S/C48H96NO8P/c1-38(2)20-14-22-40(5)24-16-26-42(7)28-18-30-44(9)34-47(50)54-36-46(37-56-58(52,53)55-33-32-49(11,12)13)57-48(51)35-45(10)31-19-29-43(8)27-17-25-41(6)23-15-21-39(3)4/h38-46H,14-37H2,1-13H3/t40-,41-,42-,43-,44+,45+,46-/m1/s1. The van der Waals surface area contributed by atoms with Crippen molar-refractivity contribution < 1.29 is 42.1 Å². The summed E-state index contributed by atoms with van der Waals surface area (Å²) in [6, 6.07) is 0. The Balaban J connectivity index is 4.82. The molecule has 1 unspecified atom stereocenters. The third-order valence-corrected chi connectivity index (χ3v) is 12.7. The molecular formula is C48H96NO8P. The van der Waals surface area contributed by atoms with E-state index in [1.807, 2.05) is 28.1 Å². The number of hydrogen-bond acceptors (Lipinski definition) is 8. The van der Waals surface area contributed by atoms with Crippen molar-refractivity contribution in [2.24, 2.45) is 47.3 Å². The molecule has 0 saturated carbocycles. The highest BCUT2D eigenvalue weighted by atomic mass is 31.2. The number of rotatable bonds is 38. The van der Waals surface area contributed by atoms with Gasteiger partial charge in [-0.1, -0.05) is 185 Å². The fraction of sp³-hybridized carbons (Fsp3) is 0.958. The third kappa shape index (κ3) is 36.8. The zero-order valence-electron chi connectivity index (χ0n) is 40.3. The number of ether oxygens (including phenoxy) is 2. The van der Waals surface area contributed by atoms with Gasteiger partial charge >= 0.3 is 11.9 Å². The molecule has 346 valence electrons. The second-order valence-corrected chi connectivity index (χ2v) is 22.2. The molecule has 9 nitrogen and oxygen atoms in total. The van der Waals surface area contributed by atoms with E-state index in [0.717, 1.165) is 62.2 Å². The summed E-state index contributed by atoms with van der Waals surface area (Å²) in [5.41, 5.74) is 0. The van der Waals surface area contributed by atoms with Crippen molar-refractivity contribution in [1.29, 1.82) is 0 Å². The van der Waals surface area contributed by atoms with Gasteiger partial charge in [0, 0.05) is 12.8 Å². The zero-order chi connectivity index (χ0) is 44.1. The predicted octanol–water partition coefficient (Wildman–Crippen LogP) is 12.6. The number of phosphoric ester groups is 1. The monoisotopic (exact) mass is 846 g/mol. The lowest BCUT2D eigenvalue weighted by molar-refractivity contribution is -0.870. The van der Waals surface area contributed by atoms with Crippen LogP contribution in [0.15, 0.2) is 0 Å². The minimum atomic E-state index is -4.65. The van der Waals surface area contributed by atoms with Crippen LogP contribution in [0.4, 0.5) is 0 Å². The fourth-order valence-corrected chi connectivity index (χ4v) is 8.32. The largest absolute Gasteiger partial charge is 0.756 e. The fourth-order valence-electron chi connectivity index (χ4n) is 7.59. The molecule has 0 N–H and O–H groups in total. The Morgan fingerprint density at radius 2 is 0.845 bits per heavy atom. The number of nitrogens with zero attached hydrogens (tertiary/aromatic N) is 1. The number of hydrogen-bond donors (Lipinski definition) is 0. The first kappa shape index (κ1) is 57.0. The van der Waals surface area contributed by atoms with E-state index in [0.29, 0.717) is 22.9 Å². The summed E-state index contributed by atoms with van der Waals surface area (Å²) in [4.78, 5) is 38.4. The Kier molecular flexibility index (Phi) is 32.1. The second-order valence-electron chi connectivity index (χ2n) is 20.8. The van der Waals surface area contributed by atoms with Gasteiger partial charge in [-0.3, -0.25) is 14.2 Å². The van der Waals surface area contributed by atoms with Crippen molar-refractivity contribution >= 4 is 19.8 Å². The summed E-state index contributed by atoms with van der Waals surface area (Å²) in [7, 11) is 1.15. The predicted molar refractivity (Wildman–Crippen MR) is 240 cm³/mol. The average molecular weight is 846 g/mol. The maximum absolute atomic E-state index is 13.0. The molecular weight excluding hydrogens is 750 g/mol. The summed E-state index contributed by atoms with van der Waals surface area (Å²) in [6.45, 7) is 22.4. The van der Waals surface area contributed by atoms with Crippen molar-refractivity contribution in [1.82, 2.24) is 0 Å². The highest BCUT2D eigenvalue weighted by Gasteiger charge is 2.23. The maximum atomic E-state index is 13.0. The smallest absolute Gasteiger partial charge is 0.306 e. The first-order chi connectivity index (χ1) is 27.1. The molecule has 0 aromatic carbocycles. The lowest BCUT2D eigenvalue weighted by Gasteiger charge is -2.28. The van der Waals surface area contributed by atoms with Gasteiger partial charge in [-0.05, 0) is 47.3 Å². The van der Waals surface area contributed by atoms with E-state index >= 15 is 0 Å². The number of quaternary nitrogens is 1. The van der Waals surface area contributed by atoms with E-state index in [1.54, 1.807) is 0 Å². The normalized spacial score (nSPS) is 17.0. The van der Waals surface area contributed by atoms with E-state index < -0.39 is 26.5 Å². The van der Waals surface area contributed by atoms with E-state index in [-0.39, 0.29) is 43.9 Å². The summed E-state index contributed by atoms with van der Waals surface area (Å²) in [5, 5.41) is 0. The Hall–Kier alpha value is -0.990. The average Bonchev–Trinajstić information content (AvgIpc) is 3.08. The number of esters is 2. The van der Waals surface area contributed by atoms with Crippen molar-refractivity contribution in [2.45, 2.75) is 204 Å². The number of phosphoric acid groups is 1. The summed E-state index contributed by atoms with van der Waals surface area (Å²) in [5.74, 6) is 3.92. The van der Waals surface area contributed by atoms with Crippen LogP contribution in [-0.2, 0) is 32.7 Å². The van der Waals surface area contributed by atoms with Crippen molar-refractivity contribution in [2.75, 3.05) is 47.5 Å².